The fourth-order valence-electron chi connectivity index (χ4n) is 3.02. The van der Waals surface area contributed by atoms with Gasteiger partial charge in [-0.05, 0) is 35.7 Å². The number of hydrogen-bond donors (Lipinski definition) is 1. The molecule has 0 spiro atoms. The lowest BCUT2D eigenvalue weighted by atomic mass is 10.3. The summed E-state index contributed by atoms with van der Waals surface area (Å²) in [6.07, 6.45) is 1.53. The van der Waals surface area contributed by atoms with Crippen LogP contribution in [0.3, 0.4) is 0 Å². The van der Waals surface area contributed by atoms with Crippen LogP contribution in [0.25, 0.3) is 16.3 Å². The van der Waals surface area contributed by atoms with Crippen LogP contribution in [-0.2, 0) is 10.0 Å². The maximum absolute atomic E-state index is 13.2. The highest BCUT2D eigenvalue weighted by Crippen LogP contribution is 2.36. The molecular weight excluding hydrogens is 410 g/mol. The van der Waals surface area contributed by atoms with Crippen molar-refractivity contribution in [2.45, 2.75) is 4.90 Å². The van der Waals surface area contributed by atoms with Crippen LogP contribution < -0.4 is 14.2 Å². The lowest BCUT2D eigenvalue weighted by Gasteiger charge is -2.08. The van der Waals surface area contributed by atoms with Crippen LogP contribution in [0, 0.1) is 0 Å². The van der Waals surface area contributed by atoms with Crippen molar-refractivity contribution in [3.63, 3.8) is 0 Å². The zero-order chi connectivity index (χ0) is 19.8. The molecule has 9 heteroatoms. The summed E-state index contributed by atoms with van der Waals surface area (Å²) in [7, 11) is -3.90. The zero-order valence-corrected chi connectivity index (χ0v) is 16.6. The molecule has 0 fully saturated rings. The average molecular weight is 425 g/mol. The maximum Gasteiger partial charge on any atom is 0.265 e. The first-order valence-corrected chi connectivity index (χ1v) is 11.1. The Hall–Kier alpha value is -3.30. The van der Waals surface area contributed by atoms with E-state index < -0.39 is 10.0 Å². The number of hydrogen-bond acceptors (Lipinski definition) is 6. The number of nitrogens with one attached hydrogen (secondary N) is 1. The Morgan fingerprint density at radius 2 is 1.83 bits per heavy atom. The van der Waals surface area contributed by atoms with Crippen molar-refractivity contribution in [1.82, 2.24) is 9.78 Å². The summed E-state index contributed by atoms with van der Waals surface area (Å²) >= 11 is 1.43. The highest BCUT2D eigenvalue weighted by Gasteiger charge is 2.25. The highest BCUT2D eigenvalue weighted by atomic mass is 32.2. The summed E-state index contributed by atoms with van der Waals surface area (Å²) < 4.78 is 41.3. The molecular formula is C20H15N3O4S2. The lowest BCUT2D eigenvalue weighted by Crippen LogP contribution is -2.13. The van der Waals surface area contributed by atoms with Gasteiger partial charge in [-0.25, -0.2) is 13.1 Å². The molecule has 0 atom stereocenters. The standard InChI is InChI=1S/C20H15N3O4S2/c24-29(25,22-14-8-9-16-17(11-14)27-13-26-16)19-12-23(15-5-2-1-3-6-15)21-20(19)18-7-4-10-28-18/h1-12,22H,13H2. The highest BCUT2D eigenvalue weighted by molar-refractivity contribution is 7.92. The second-order valence-corrected chi connectivity index (χ2v) is 8.87. The van der Waals surface area contributed by atoms with E-state index in [0.717, 1.165) is 10.6 Å². The van der Waals surface area contributed by atoms with Crippen molar-refractivity contribution in [3.05, 3.63) is 72.2 Å². The molecule has 0 unspecified atom stereocenters. The molecule has 29 heavy (non-hydrogen) atoms. The van der Waals surface area contributed by atoms with Crippen molar-refractivity contribution in [3.8, 4) is 27.8 Å². The van der Waals surface area contributed by atoms with Crippen LogP contribution in [-0.4, -0.2) is 25.0 Å². The Bertz CT molecular complexity index is 1270. The van der Waals surface area contributed by atoms with Crippen molar-refractivity contribution in [2.75, 3.05) is 11.5 Å². The Morgan fingerprint density at radius 1 is 1.00 bits per heavy atom. The molecule has 1 aliphatic heterocycles. The number of sulfonamides is 1. The molecule has 0 radical (unpaired) electrons. The molecule has 0 bridgehead atoms. The first kappa shape index (κ1) is 17.8. The minimum atomic E-state index is -3.90. The summed E-state index contributed by atoms with van der Waals surface area (Å²) in [6.45, 7) is 0.123. The number of ether oxygens (including phenoxy) is 2. The quantitative estimate of drug-likeness (QED) is 0.520. The maximum atomic E-state index is 13.2. The molecule has 146 valence electrons. The summed E-state index contributed by atoms with van der Waals surface area (Å²) in [5, 5.41) is 6.44. The zero-order valence-electron chi connectivity index (χ0n) is 15.0. The Balaban J connectivity index is 1.57. The first-order valence-electron chi connectivity index (χ1n) is 8.72. The van der Waals surface area contributed by atoms with Gasteiger partial charge in [0.25, 0.3) is 10.0 Å². The second kappa shape index (κ2) is 6.94. The number of aromatic nitrogens is 2. The van der Waals surface area contributed by atoms with Crippen molar-refractivity contribution >= 4 is 27.0 Å². The summed E-state index contributed by atoms with van der Waals surface area (Å²) in [6, 6.07) is 18.0. The van der Waals surface area contributed by atoms with Gasteiger partial charge < -0.3 is 9.47 Å². The molecule has 0 aliphatic carbocycles. The number of benzene rings is 2. The van der Waals surface area contributed by atoms with E-state index in [4.69, 9.17) is 9.47 Å². The van der Waals surface area contributed by atoms with Crippen molar-refractivity contribution in [2.24, 2.45) is 0 Å². The number of thiophene rings is 1. The number of rotatable bonds is 5. The molecule has 1 aliphatic rings. The van der Waals surface area contributed by atoms with Crippen LogP contribution in [0.2, 0.25) is 0 Å². The third kappa shape index (κ3) is 3.34. The van der Waals surface area contributed by atoms with Gasteiger partial charge in [0.2, 0.25) is 6.79 Å². The Labute approximate surface area is 171 Å². The third-order valence-electron chi connectivity index (χ3n) is 4.37. The number of anilines is 1. The van der Waals surface area contributed by atoms with E-state index in [2.05, 4.69) is 9.82 Å². The number of nitrogens with zero attached hydrogens (tertiary/aromatic N) is 2. The van der Waals surface area contributed by atoms with Crippen LogP contribution in [0.1, 0.15) is 0 Å². The molecule has 5 rings (SSSR count). The third-order valence-corrected chi connectivity index (χ3v) is 6.63. The average Bonchev–Trinajstić information content (AvgIpc) is 3.47. The van der Waals surface area contributed by atoms with Gasteiger partial charge in [0.1, 0.15) is 10.6 Å². The monoisotopic (exact) mass is 425 g/mol. The molecule has 0 saturated carbocycles. The molecule has 7 nitrogen and oxygen atoms in total. The SMILES string of the molecule is O=S(=O)(Nc1ccc2c(c1)OCO2)c1cn(-c2ccccc2)nc1-c1cccs1. The van der Waals surface area contributed by atoms with Crippen LogP contribution >= 0.6 is 11.3 Å². The lowest BCUT2D eigenvalue weighted by molar-refractivity contribution is 0.174. The normalized spacial score (nSPS) is 12.8. The Kier molecular flexibility index (Phi) is 4.26. The molecule has 2 aromatic heterocycles. The molecule has 2 aromatic carbocycles. The summed E-state index contributed by atoms with van der Waals surface area (Å²) in [5.74, 6) is 1.09. The fraction of sp³-hybridized carbons (Fsp3) is 0.0500. The van der Waals surface area contributed by atoms with Gasteiger partial charge in [0.15, 0.2) is 11.5 Å². The van der Waals surface area contributed by atoms with Crippen molar-refractivity contribution in [1.29, 1.82) is 0 Å². The van der Waals surface area contributed by atoms with Gasteiger partial charge in [-0.1, -0.05) is 24.3 Å². The predicted molar refractivity (Wildman–Crippen MR) is 110 cm³/mol. The molecule has 1 N–H and O–H groups in total. The molecule has 4 aromatic rings. The van der Waals surface area contributed by atoms with Gasteiger partial charge in [0, 0.05) is 6.07 Å². The molecule has 0 amide bonds. The summed E-state index contributed by atoms with van der Waals surface area (Å²) in [5.41, 5.74) is 1.56. The van der Waals surface area contributed by atoms with Gasteiger partial charge in [0.05, 0.1) is 22.4 Å². The predicted octanol–water partition coefficient (Wildman–Crippen LogP) is 4.13. The number of para-hydroxylation sites is 1. The fourth-order valence-corrected chi connectivity index (χ4v) is 5.00. The summed E-state index contributed by atoms with van der Waals surface area (Å²) in [4.78, 5) is 0.868. The molecule has 3 heterocycles. The van der Waals surface area contributed by atoms with Crippen LogP contribution in [0.15, 0.2) is 77.1 Å². The second-order valence-electron chi connectivity index (χ2n) is 6.27. The van der Waals surface area contributed by atoms with Crippen LogP contribution in [0.5, 0.6) is 11.5 Å². The molecule has 0 saturated heterocycles. The van der Waals surface area contributed by atoms with E-state index in [1.165, 1.54) is 17.5 Å². The first-order chi connectivity index (χ1) is 14.1. The van der Waals surface area contributed by atoms with Gasteiger partial charge in [-0.15, -0.1) is 11.3 Å². The van der Waals surface area contributed by atoms with E-state index in [0.29, 0.717) is 22.9 Å². The minimum absolute atomic E-state index is 0.0986. The smallest absolute Gasteiger partial charge is 0.265 e. The van der Waals surface area contributed by atoms with Gasteiger partial charge in [-0.2, -0.15) is 5.10 Å². The van der Waals surface area contributed by atoms with Gasteiger partial charge in [-0.3, -0.25) is 4.72 Å². The largest absolute Gasteiger partial charge is 0.454 e. The van der Waals surface area contributed by atoms with Crippen LogP contribution in [0.4, 0.5) is 5.69 Å². The van der Waals surface area contributed by atoms with E-state index in [1.807, 2.05) is 47.8 Å². The van der Waals surface area contributed by atoms with E-state index in [1.54, 1.807) is 22.9 Å². The topological polar surface area (TPSA) is 82.5 Å². The van der Waals surface area contributed by atoms with Gasteiger partial charge >= 0.3 is 0 Å². The number of fused-ring (bicyclic) bond motifs is 1. The Morgan fingerprint density at radius 3 is 2.62 bits per heavy atom. The van der Waals surface area contributed by atoms with E-state index >= 15 is 0 Å². The van der Waals surface area contributed by atoms with E-state index in [9.17, 15) is 8.42 Å². The minimum Gasteiger partial charge on any atom is -0.454 e. The van der Waals surface area contributed by atoms with E-state index in [-0.39, 0.29) is 11.7 Å². The van der Waals surface area contributed by atoms with Crippen molar-refractivity contribution < 1.29 is 17.9 Å².